The molecule has 0 saturated carbocycles. The second-order valence-corrected chi connectivity index (χ2v) is 4.91. The number of fused-ring (bicyclic) bond motifs is 1. The van der Waals surface area contributed by atoms with Crippen LogP contribution < -0.4 is 5.73 Å². The molecule has 0 aliphatic carbocycles. The molecule has 0 bridgehead atoms. The molecule has 3 aromatic heterocycles. The van der Waals surface area contributed by atoms with E-state index in [0.717, 1.165) is 10.7 Å². The van der Waals surface area contributed by atoms with Crippen molar-refractivity contribution < 1.29 is 4.39 Å². The van der Waals surface area contributed by atoms with E-state index in [0.29, 0.717) is 12.0 Å². The summed E-state index contributed by atoms with van der Waals surface area (Å²) in [6.45, 7) is 0. The van der Waals surface area contributed by atoms with Crippen LogP contribution in [0.15, 0.2) is 36.2 Å². The molecule has 1 unspecified atom stereocenters. The standard InChI is InChI=1S/C12H11FN4S/c13-10-6-15-2-1-9(10)11(14)5-8-7-17-3-4-18-12(17)16-8/h1-4,6-7,11H,5,14H2. The Morgan fingerprint density at radius 2 is 2.39 bits per heavy atom. The second kappa shape index (κ2) is 4.47. The molecule has 3 rings (SSSR count). The topological polar surface area (TPSA) is 56.2 Å². The monoisotopic (exact) mass is 262 g/mol. The molecule has 0 saturated heterocycles. The smallest absolute Gasteiger partial charge is 0.193 e. The summed E-state index contributed by atoms with van der Waals surface area (Å²) in [4.78, 5) is 9.07. The van der Waals surface area contributed by atoms with Crippen molar-refractivity contribution in [3.05, 3.63) is 53.3 Å². The summed E-state index contributed by atoms with van der Waals surface area (Å²) in [7, 11) is 0. The first-order chi connectivity index (χ1) is 8.74. The largest absolute Gasteiger partial charge is 0.324 e. The van der Waals surface area contributed by atoms with E-state index in [1.165, 1.54) is 6.20 Å². The van der Waals surface area contributed by atoms with E-state index in [9.17, 15) is 4.39 Å². The highest BCUT2D eigenvalue weighted by molar-refractivity contribution is 7.15. The number of hydrogen-bond acceptors (Lipinski definition) is 4. The average Bonchev–Trinajstić information content (AvgIpc) is 2.90. The van der Waals surface area contributed by atoms with Gasteiger partial charge in [-0.05, 0) is 6.07 Å². The Morgan fingerprint density at radius 1 is 1.50 bits per heavy atom. The van der Waals surface area contributed by atoms with E-state index in [-0.39, 0.29) is 5.82 Å². The predicted octanol–water partition coefficient (Wildman–Crippen LogP) is 2.17. The van der Waals surface area contributed by atoms with Gasteiger partial charge in [0.2, 0.25) is 0 Å². The van der Waals surface area contributed by atoms with Gasteiger partial charge in [-0.15, -0.1) is 11.3 Å². The Labute approximate surface area is 107 Å². The van der Waals surface area contributed by atoms with Crippen molar-refractivity contribution in [1.82, 2.24) is 14.4 Å². The van der Waals surface area contributed by atoms with E-state index < -0.39 is 6.04 Å². The molecular weight excluding hydrogens is 251 g/mol. The first-order valence-electron chi connectivity index (χ1n) is 5.50. The number of imidazole rings is 1. The van der Waals surface area contributed by atoms with Gasteiger partial charge in [-0.2, -0.15) is 0 Å². The fourth-order valence-corrected chi connectivity index (χ4v) is 2.62. The van der Waals surface area contributed by atoms with Gasteiger partial charge in [0.25, 0.3) is 0 Å². The molecule has 3 heterocycles. The quantitative estimate of drug-likeness (QED) is 0.787. The number of halogens is 1. The zero-order chi connectivity index (χ0) is 12.5. The van der Waals surface area contributed by atoms with Crippen LogP contribution in [0, 0.1) is 5.82 Å². The van der Waals surface area contributed by atoms with E-state index >= 15 is 0 Å². The molecule has 0 amide bonds. The van der Waals surface area contributed by atoms with E-state index in [4.69, 9.17) is 5.73 Å². The minimum atomic E-state index is -0.405. The normalized spacial score (nSPS) is 13.0. The van der Waals surface area contributed by atoms with E-state index in [2.05, 4.69) is 9.97 Å². The minimum Gasteiger partial charge on any atom is -0.324 e. The zero-order valence-corrected chi connectivity index (χ0v) is 10.3. The second-order valence-electron chi connectivity index (χ2n) is 4.03. The van der Waals surface area contributed by atoms with Crippen LogP contribution >= 0.6 is 11.3 Å². The summed E-state index contributed by atoms with van der Waals surface area (Å²) in [5, 5.41) is 1.97. The maximum Gasteiger partial charge on any atom is 0.193 e. The maximum atomic E-state index is 13.5. The first kappa shape index (κ1) is 11.3. The molecule has 0 fully saturated rings. The van der Waals surface area contributed by atoms with E-state index in [1.807, 2.05) is 22.2 Å². The third-order valence-electron chi connectivity index (χ3n) is 2.78. The molecule has 92 valence electrons. The molecular formula is C12H11FN4S. The number of aromatic nitrogens is 3. The number of nitrogens with two attached hydrogens (primary N) is 1. The van der Waals surface area contributed by atoms with Gasteiger partial charge in [0, 0.05) is 42.0 Å². The molecule has 18 heavy (non-hydrogen) atoms. The van der Waals surface area contributed by atoms with Crippen molar-refractivity contribution >= 4 is 16.3 Å². The van der Waals surface area contributed by atoms with Crippen molar-refractivity contribution in [2.24, 2.45) is 5.73 Å². The summed E-state index contributed by atoms with van der Waals surface area (Å²) >= 11 is 1.56. The molecule has 1 atom stereocenters. The summed E-state index contributed by atoms with van der Waals surface area (Å²) in [6, 6.07) is 1.20. The molecule has 2 N–H and O–H groups in total. The summed E-state index contributed by atoms with van der Waals surface area (Å²) in [5.74, 6) is -0.369. The number of nitrogens with zero attached hydrogens (tertiary/aromatic N) is 3. The molecule has 0 aliphatic heterocycles. The first-order valence-corrected chi connectivity index (χ1v) is 6.38. The van der Waals surface area contributed by atoms with Crippen molar-refractivity contribution in [2.75, 3.05) is 0 Å². The summed E-state index contributed by atoms with van der Waals surface area (Å²) < 4.78 is 15.5. The van der Waals surface area contributed by atoms with Gasteiger partial charge < -0.3 is 5.73 Å². The van der Waals surface area contributed by atoms with Gasteiger partial charge in [-0.25, -0.2) is 9.37 Å². The number of rotatable bonds is 3. The number of hydrogen-bond donors (Lipinski definition) is 1. The van der Waals surface area contributed by atoms with Gasteiger partial charge >= 0.3 is 0 Å². The highest BCUT2D eigenvalue weighted by atomic mass is 32.1. The molecule has 3 aromatic rings. The van der Waals surface area contributed by atoms with Gasteiger partial charge in [0.05, 0.1) is 11.9 Å². The Hall–Kier alpha value is -1.79. The Kier molecular flexibility index (Phi) is 2.81. The fraction of sp³-hybridized carbons (Fsp3) is 0.167. The third kappa shape index (κ3) is 2.00. The van der Waals surface area contributed by atoms with Gasteiger partial charge in [-0.1, -0.05) is 0 Å². The Balaban J connectivity index is 1.84. The summed E-state index contributed by atoms with van der Waals surface area (Å²) in [6.07, 6.45) is 7.10. The lowest BCUT2D eigenvalue weighted by atomic mass is 10.0. The Bertz CT molecular complexity index is 647. The highest BCUT2D eigenvalue weighted by Gasteiger charge is 2.14. The third-order valence-corrected chi connectivity index (χ3v) is 3.55. The van der Waals surface area contributed by atoms with Crippen LogP contribution in [0.5, 0.6) is 0 Å². The number of pyridine rings is 1. The SMILES string of the molecule is NC(Cc1cn2ccsc2n1)c1ccncc1F. The predicted molar refractivity (Wildman–Crippen MR) is 67.9 cm³/mol. The summed E-state index contributed by atoms with van der Waals surface area (Å²) in [5.41, 5.74) is 7.34. The van der Waals surface area contributed by atoms with E-state index in [1.54, 1.807) is 23.6 Å². The minimum absolute atomic E-state index is 0.369. The van der Waals surface area contributed by atoms with Gasteiger partial charge in [-0.3, -0.25) is 9.38 Å². The lowest BCUT2D eigenvalue weighted by molar-refractivity contribution is 0.573. The van der Waals surface area contributed by atoms with Crippen LogP contribution in [0.25, 0.3) is 4.96 Å². The van der Waals surface area contributed by atoms with Crippen molar-refractivity contribution in [1.29, 1.82) is 0 Å². The van der Waals surface area contributed by atoms with Crippen LogP contribution in [-0.2, 0) is 6.42 Å². The van der Waals surface area contributed by atoms with Crippen LogP contribution in [0.2, 0.25) is 0 Å². The van der Waals surface area contributed by atoms with Crippen molar-refractivity contribution in [3.63, 3.8) is 0 Å². The zero-order valence-electron chi connectivity index (χ0n) is 9.45. The Morgan fingerprint density at radius 3 is 3.17 bits per heavy atom. The molecule has 6 heteroatoms. The van der Waals surface area contributed by atoms with Crippen LogP contribution in [-0.4, -0.2) is 14.4 Å². The molecule has 4 nitrogen and oxygen atoms in total. The van der Waals surface area contributed by atoms with Gasteiger partial charge in [0.1, 0.15) is 5.82 Å². The average molecular weight is 262 g/mol. The fourth-order valence-electron chi connectivity index (χ4n) is 1.90. The molecule has 0 aromatic carbocycles. The molecule has 0 aliphatic rings. The highest BCUT2D eigenvalue weighted by Crippen LogP contribution is 2.19. The van der Waals surface area contributed by atoms with Crippen LogP contribution in [0.3, 0.4) is 0 Å². The molecule has 0 radical (unpaired) electrons. The lowest BCUT2D eigenvalue weighted by Crippen LogP contribution is -2.15. The maximum absolute atomic E-state index is 13.5. The van der Waals surface area contributed by atoms with Crippen molar-refractivity contribution in [3.8, 4) is 0 Å². The number of thiazole rings is 1. The van der Waals surface area contributed by atoms with Crippen LogP contribution in [0.1, 0.15) is 17.3 Å². The molecule has 0 spiro atoms. The lowest BCUT2D eigenvalue weighted by Gasteiger charge is -2.10. The van der Waals surface area contributed by atoms with Gasteiger partial charge in [0.15, 0.2) is 4.96 Å². The van der Waals surface area contributed by atoms with Crippen LogP contribution in [0.4, 0.5) is 4.39 Å². The van der Waals surface area contributed by atoms with Crippen molar-refractivity contribution in [2.45, 2.75) is 12.5 Å².